The van der Waals surface area contributed by atoms with Crippen LogP contribution in [0, 0.1) is 0 Å². The molecule has 0 unspecified atom stereocenters. The van der Waals surface area contributed by atoms with Crippen LogP contribution in [0.3, 0.4) is 0 Å². The topological polar surface area (TPSA) is 89.9 Å². The Morgan fingerprint density at radius 2 is 1.03 bits per heavy atom. The van der Waals surface area contributed by atoms with E-state index >= 15 is 0 Å². The molecule has 1 N–H and O–H groups in total. The molecule has 0 heterocycles. The monoisotopic (exact) mass is 572 g/mol. The fraction of sp³-hybridized carbons (Fsp3) is 0.906. The number of hydrogen-bond donors (Lipinski definition) is 1. The lowest BCUT2D eigenvalue weighted by molar-refractivity contribution is -0.161. The molecule has 0 aliphatic heterocycles. The van der Waals surface area contributed by atoms with Crippen LogP contribution in [0.4, 0.5) is 0 Å². The van der Waals surface area contributed by atoms with E-state index < -0.39 is 6.10 Å². The highest BCUT2D eigenvalue weighted by Gasteiger charge is 2.16. The third-order valence-corrected chi connectivity index (χ3v) is 7.90. The van der Waals surface area contributed by atoms with Crippen molar-refractivity contribution in [2.24, 2.45) is 0 Å². The smallest absolute Gasteiger partial charge is 0.306 e. The lowest BCUT2D eigenvalue weighted by Gasteiger charge is -2.15. The molecule has 0 aliphatic rings. The Morgan fingerprint density at radius 3 is 1.46 bits per heavy atom. The number of carbonyl (C=O) groups excluding carboxylic acids is 3. The summed E-state index contributed by atoms with van der Waals surface area (Å²) in [6.45, 7) is 3.45. The van der Waals surface area contributed by atoms with Crippen molar-refractivity contribution in [3.05, 3.63) is 0 Å². The summed E-state index contributed by atoms with van der Waals surface area (Å²) in [5.41, 5.74) is 0. The summed E-state index contributed by atoms with van der Waals surface area (Å²) in [5, 5.41) is 9.69. The molecule has 230 valence electrons. The quantitative estimate of drug-likeness (QED) is 0.0708. The lowest BCUT2D eigenvalue weighted by atomic mass is 10.0. The van der Waals surface area contributed by atoms with Gasteiger partial charge in [0.2, 0.25) is 0 Å². The third-order valence-electron chi connectivity index (χ3n) is 7.00. The fourth-order valence-electron chi connectivity index (χ4n) is 4.56. The first-order chi connectivity index (χ1) is 19.0. The van der Waals surface area contributed by atoms with E-state index in [1.807, 2.05) is 0 Å². The highest BCUT2D eigenvalue weighted by molar-refractivity contribution is 8.13. The highest BCUT2D eigenvalue weighted by atomic mass is 32.2. The van der Waals surface area contributed by atoms with Crippen LogP contribution in [0.2, 0.25) is 0 Å². The summed E-state index contributed by atoms with van der Waals surface area (Å²) in [6.07, 6.45) is 24.9. The largest absolute Gasteiger partial charge is 0.462 e. The number of esters is 2. The second kappa shape index (κ2) is 29.9. The maximum atomic E-state index is 12.0. The summed E-state index contributed by atoms with van der Waals surface area (Å²) in [6, 6.07) is 0. The van der Waals surface area contributed by atoms with Gasteiger partial charge in [0.05, 0.1) is 6.61 Å². The molecule has 0 spiro atoms. The molecule has 1 atom stereocenters. The van der Waals surface area contributed by atoms with Crippen molar-refractivity contribution in [2.45, 2.75) is 168 Å². The maximum Gasteiger partial charge on any atom is 0.306 e. The Morgan fingerprint density at radius 1 is 0.615 bits per heavy atom. The molecule has 0 aliphatic carbocycles. The van der Waals surface area contributed by atoms with Gasteiger partial charge in [-0.25, -0.2) is 0 Å². The number of carbonyl (C=O) groups is 3. The van der Waals surface area contributed by atoms with E-state index in [0.717, 1.165) is 50.7 Å². The van der Waals surface area contributed by atoms with E-state index in [2.05, 4.69) is 6.92 Å². The van der Waals surface area contributed by atoms with Crippen molar-refractivity contribution in [1.82, 2.24) is 0 Å². The number of aliphatic hydroxyl groups is 1. The highest BCUT2D eigenvalue weighted by Crippen LogP contribution is 2.14. The molecular formula is C32H60O6S. The molecule has 0 saturated carbocycles. The normalized spacial score (nSPS) is 11.9. The third kappa shape index (κ3) is 29.7. The van der Waals surface area contributed by atoms with Gasteiger partial charge in [0.25, 0.3) is 0 Å². The molecule has 0 aromatic heterocycles. The second-order valence-electron chi connectivity index (χ2n) is 10.9. The molecular weight excluding hydrogens is 512 g/mol. The summed E-state index contributed by atoms with van der Waals surface area (Å²) in [7, 11) is 0. The first-order valence-corrected chi connectivity index (χ1v) is 17.1. The van der Waals surface area contributed by atoms with Gasteiger partial charge in [-0.1, -0.05) is 134 Å². The molecule has 39 heavy (non-hydrogen) atoms. The summed E-state index contributed by atoms with van der Waals surface area (Å²) in [4.78, 5) is 34.9. The molecule has 0 fully saturated rings. The number of hydrogen-bond acceptors (Lipinski definition) is 7. The van der Waals surface area contributed by atoms with Crippen molar-refractivity contribution in [3.63, 3.8) is 0 Å². The molecule has 0 rings (SSSR count). The average Bonchev–Trinajstić information content (AvgIpc) is 2.92. The van der Waals surface area contributed by atoms with Crippen molar-refractivity contribution < 1.29 is 29.0 Å². The van der Waals surface area contributed by atoms with Crippen LogP contribution in [0.25, 0.3) is 0 Å². The Bertz CT molecular complexity index is 583. The van der Waals surface area contributed by atoms with E-state index in [0.29, 0.717) is 12.8 Å². The summed E-state index contributed by atoms with van der Waals surface area (Å²) < 4.78 is 10.5. The van der Waals surface area contributed by atoms with Gasteiger partial charge < -0.3 is 14.6 Å². The fourth-order valence-corrected chi connectivity index (χ4v) is 5.20. The van der Waals surface area contributed by atoms with E-state index in [-0.39, 0.29) is 30.3 Å². The Hall–Kier alpha value is -1.08. The van der Waals surface area contributed by atoms with Crippen molar-refractivity contribution in [1.29, 1.82) is 0 Å². The van der Waals surface area contributed by atoms with E-state index in [1.54, 1.807) is 6.92 Å². The van der Waals surface area contributed by atoms with Gasteiger partial charge in [0.1, 0.15) is 6.61 Å². The zero-order valence-electron chi connectivity index (χ0n) is 25.4. The Balaban J connectivity index is 3.52. The van der Waals surface area contributed by atoms with Gasteiger partial charge in [-0.15, -0.1) is 0 Å². The first kappa shape index (κ1) is 37.9. The van der Waals surface area contributed by atoms with Crippen LogP contribution < -0.4 is 0 Å². The van der Waals surface area contributed by atoms with E-state index in [4.69, 9.17) is 9.47 Å². The van der Waals surface area contributed by atoms with Gasteiger partial charge in [0, 0.05) is 25.5 Å². The van der Waals surface area contributed by atoms with Gasteiger partial charge in [-0.05, 0) is 19.3 Å². The van der Waals surface area contributed by atoms with Gasteiger partial charge in [0.15, 0.2) is 11.2 Å². The molecule has 0 radical (unpaired) electrons. The van der Waals surface area contributed by atoms with Crippen LogP contribution in [-0.2, 0) is 23.9 Å². The minimum absolute atomic E-state index is 0.0732. The first-order valence-electron chi connectivity index (χ1n) is 16.1. The standard InChI is InChI=1S/C32H60O6S/c1-3-4-5-6-7-12-16-19-22-25-32(36)38-30(27-33)28-37-31(35)24-21-18-15-13-10-8-9-11-14-17-20-23-26-39-29(2)34/h30,33H,3-28H2,1-2H3/t30-/m0/s1. The maximum absolute atomic E-state index is 12.0. The molecule has 0 amide bonds. The van der Waals surface area contributed by atoms with Gasteiger partial charge in [-0.2, -0.15) is 0 Å². The SMILES string of the molecule is CCCCCCCCCCCC(=O)O[C@@H](CO)COC(=O)CCCCCCCCCCCCCCSC(C)=O. The van der Waals surface area contributed by atoms with Crippen molar-refractivity contribution in [3.8, 4) is 0 Å². The Labute approximate surface area is 244 Å². The number of aliphatic hydroxyl groups excluding tert-OH is 1. The van der Waals surface area contributed by atoms with Crippen LogP contribution in [0.5, 0.6) is 0 Å². The summed E-state index contributed by atoms with van der Waals surface area (Å²) >= 11 is 1.44. The average molecular weight is 573 g/mol. The van der Waals surface area contributed by atoms with Crippen LogP contribution in [0.15, 0.2) is 0 Å². The van der Waals surface area contributed by atoms with E-state index in [1.165, 1.54) is 102 Å². The number of thioether (sulfide) groups is 1. The van der Waals surface area contributed by atoms with E-state index in [9.17, 15) is 19.5 Å². The predicted octanol–water partition coefficient (Wildman–Crippen LogP) is 8.71. The molecule has 0 aromatic carbocycles. The zero-order valence-corrected chi connectivity index (χ0v) is 26.2. The minimum Gasteiger partial charge on any atom is -0.462 e. The second-order valence-corrected chi connectivity index (χ2v) is 12.2. The Kier molecular flexibility index (Phi) is 29.1. The van der Waals surface area contributed by atoms with Crippen LogP contribution >= 0.6 is 11.8 Å². The lowest BCUT2D eigenvalue weighted by Crippen LogP contribution is -2.28. The van der Waals surface area contributed by atoms with Crippen molar-refractivity contribution in [2.75, 3.05) is 19.0 Å². The van der Waals surface area contributed by atoms with Gasteiger partial charge in [-0.3, -0.25) is 14.4 Å². The molecule has 0 bridgehead atoms. The van der Waals surface area contributed by atoms with Gasteiger partial charge >= 0.3 is 11.9 Å². The minimum atomic E-state index is -0.772. The molecule has 6 nitrogen and oxygen atoms in total. The van der Waals surface area contributed by atoms with Crippen molar-refractivity contribution >= 4 is 28.8 Å². The number of ether oxygens (including phenoxy) is 2. The zero-order chi connectivity index (χ0) is 28.8. The molecule has 0 aromatic rings. The number of rotatable bonds is 29. The summed E-state index contributed by atoms with van der Waals surface area (Å²) in [5.74, 6) is 0.349. The van der Waals surface area contributed by atoms with Crippen LogP contribution in [0.1, 0.15) is 162 Å². The molecule has 7 heteroatoms. The van der Waals surface area contributed by atoms with Crippen LogP contribution in [-0.4, -0.2) is 47.2 Å². The number of unbranched alkanes of at least 4 members (excludes halogenated alkanes) is 19. The molecule has 0 saturated heterocycles. The predicted molar refractivity (Wildman–Crippen MR) is 163 cm³/mol.